The first-order valence-electron chi connectivity index (χ1n) is 9.48. The molecule has 6 nitrogen and oxygen atoms in total. The van der Waals surface area contributed by atoms with Crippen molar-refractivity contribution in [1.82, 2.24) is 9.97 Å². The SMILES string of the molecule is CCS(=O)(=O)c1cccc(C(=O)N(Cc2ccccn2)c2nc3ccc(F)cc3s2)c1. The van der Waals surface area contributed by atoms with E-state index in [4.69, 9.17) is 0 Å². The molecule has 9 heteroatoms. The van der Waals surface area contributed by atoms with Crippen LogP contribution in [0.2, 0.25) is 0 Å². The molecule has 2 aromatic carbocycles. The van der Waals surface area contributed by atoms with Crippen LogP contribution in [0.5, 0.6) is 0 Å². The minimum Gasteiger partial charge on any atom is -0.278 e. The molecule has 31 heavy (non-hydrogen) atoms. The van der Waals surface area contributed by atoms with Crippen molar-refractivity contribution < 1.29 is 17.6 Å². The van der Waals surface area contributed by atoms with Crippen LogP contribution in [0.25, 0.3) is 10.2 Å². The minimum atomic E-state index is -3.47. The predicted molar refractivity (Wildman–Crippen MR) is 118 cm³/mol. The third-order valence-corrected chi connectivity index (χ3v) is 7.46. The Morgan fingerprint density at radius 2 is 1.94 bits per heavy atom. The number of nitrogens with zero attached hydrogens (tertiary/aromatic N) is 3. The van der Waals surface area contributed by atoms with Gasteiger partial charge in [0.25, 0.3) is 5.91 Å². The molecule has 0 aliphatic rings. The summed E-state index contributed by atoms with van der Waals surface area (Å²) in [6.07, 6.45) is 1.63. The number of halogens is 1. The number of fused-ring (bicyclic) bond motifs is 1. The van der Waals surface area contributed by atoms with Crippen molar-refractivity contribution >= 4 is 42.4 Å². The first-order chi connectivity index (χ1) is 14.9. The Balaban J connectivity index is 1.78. The minimum absolute atomic E-state index is 0.0638. The Bertz CT molecular complexity index is 1350. The van der Waals surface area contributed by atoms with Gasteiger partial charge in [-0.25, -0.2) is 17.8 Å². The summed E-state index contributed by atoms with van der Waals surface area (Å²) in [6, 6.07) is 15.6. The quantitative estimate of drug-likeness (QED) is 0.429. The number of benzene rings is 2. The summed E-state index contributed by atoms with van der Waals surface area (Å²) in [6.45, 7) is 1.68. The van der Waals surface area contributed by atoms with Gasteiger partial charge < -0.3 is 0 Å². The van der Waals surface area contributed by atoms with Crippen molar-refractivity contribution in [2.24, 2.45) is 0 Å². The molecule has 1 amide bonds. The maximum Gasteiger partial charge on any atom is 0.260 e. The fourth-order valence-electron chi connectivity index (χ4n) is 3.03. The zero-order valence-electron chi connectivity index (χ0n) is 16.5. The Hall–Kier alpha value is -3.17. The van der Waals surface area contributed by atoms with Crippen LogP contribution in [-0.4, -0.2) is 30.0 Å². The smallest absolute Gasteiger partial charge is 0.260 e. The van der Waals surface area contributed by atoms with Gasteiger partial charge in [-0.05, 0) is 48.5 Å². The molecule has 2 aromatic heterocycles. The Labute approximate surface area is 182 Å². The molecule has 0 atom stereocenters. The topological polar surface area (TPSA) is 80.2 Å². The molecule has 4 aromatic rings. The number of hydrogen-bond donors (Lipinski definition) is 0. The van der Waals surface area contributed by atoms with Gasteiger partial charge in [0, 0.05) is 11.8 Å². The number of carbonyl (C=O) groups excluding carboxylic acids is 1. The van der Waals surface area contributed by atoms with Crippen LogP contribution in [0.4, 0.5) is 9.52 Å². The summed E-state index contributed by atoms with van der Waals surface area (Å²) in [5.74, 6) is -0.868. The lowest BCUT2D eigenvalue weighted by Crippen LogP contribution is -2.30. The number of aromatic nitrogens is 2. The van der Waals surface area contributed by atoms with Crippen LogP contribution in [0.15, 0.2) is 71.8 Å². The summed E-state index contributed by atoms with van der Waals surface area (Å²) in [7, 11) is -3.47. The van der Waals surface area contributed by atoms with Crippen LogP contribution in [0, 0.1) is 5.82 Å². The van der Waals surface area contributed by atoms with E-state index in [0.717, 1.165) is 0 Å². The molecule has 0 radical (unpaired) electrons. The normalized spacial score (nSPS) is 11.5. The van der Waals surface area contributed by atoms with Gasteiger partial charge in [-0.1, -0.05) is 30.4 Å². The molecule has 158 valence electrons. The van der Waals surface area contributed by atoms with Crippen molar-refractivity contribution in [3.63, 3.8) is 0 Å². The number of amides is 1. The number of anilines is 1. The van der Waals surface area contributed by atoms with E-state index < -0.39 is 15.7 Å². The van der Waals surface area contributed by atoms with Gasteiger partial charge in [0.1, 0.15) is 5.82 Å². The van der Waals surface area contributed by atoms with E-state index in [1.807, 2.05) is 6.07 Å². The molecule has 0 saturated carbocycles. The second kappa shape index (κ2) is 8.52. The first kappa shape index (κ1) is 21.1. The van der Waals surface area contributed by atoms with Crippen LogP contribution >= 0.6 is 11.3 Å². The van der Waals surface area contributed by atoms with Crippen LogP contribution in [0.1, 0.15) is 23.0 Å². The molecule has 0 aliphatic carbocycles. The monoisotopic (exact) mass is 455 g/mol. The van der Waals surface area contributed by atoms with Crippen LogP contribution in [0.3, 0.4) is 0 Å². The molecule has 0 N–H and O–H groups in total. The summed E-state index contributed by atoms with van der Waals surface area (Å²) in [5, 5.41) is 0.375. The van der Waals surface area contributed by atoms with Gasteiger partial charge in [0.2, 0.25) is 0 Å². The number of hydrogen-bond acceptors (Lipinski definition) is 6. The molecule has 0 bridgehead atoms. The maximum absolute atomic E-state index is 13.6. The fourth-order valence-corrected chi connectivity index (χ4v) is 4.94. The van der Waals surface area contributed by atoms with Gasteiger partial charge in [-0.3, -0.25) is 14.7 Å². The Morgan fingerprint density at radius 1 is 1.10 bits per heavy atom. The Kier molecular flexibility index (Phi) is 5.79. The number of sulfone groups is 1. The standard InChI is InChI=1S/C22H18FN3O3S2/c1-2-31(28,29)18-8-5-6-15(12-18)21(27)26(14-17-7-3-4-11-24-17)22-25-19-10-9-16(23)13-20(19)30-22/h3-13H,2,14H2,1H3. The molecule has 0 fully saturated rings. The van der Waals surface area contributed by atoms with Gasteiger partial charge in [0.05, 0.1) is 33.1 Å². The van der Waals surface area contributed by atoms with Crippen LogP contribution < -0.4 is 4.90 Å². The fraction of sp³-hybridized carbons (Fsp3) is 0.136. The van der Waals surface area contributed by atoms with E-state index in [1.165, 1.54) is 40.5 Å². The summed E-state index contributed by atoms with van der Waals surface area (Å²) in [4.78, 5) is 23.8. The average Bonchev–Trinajstić information content (AvgIpc) is 3.20. The highest BCUT2D eigenvalue weighted by Gasteiger charge is 2.24. The molecule has 2 heterocycles. The van der Waals surface area contributed by atoms with Crippen molar-refractivity contribution in [3.8, 4) is 0 Å². The molecule has 0 spiro atoms. The Morgan fingerprint density at radius 3 is 2.68 bits per heavy atom. The zero-order chi connectivity index (χ0) is 22.0. The lowest BCUT2D eigenvalue weighted by atomic mass is 10.2. The van der Waals surface area contributed by atoms with Gasteiger partial charge in [0.15, 0.2) is 15.0 Å². The van der Waals surface area contributed by atoms with Crippen molar-refractivity contribution in [2.45, 2.75) is 18.4 Å². The predicted octanol–water partition coefficient (Wildman–Crippen LogP) is 4.47. The molecule has 0 unspecified atom stereocenters. The average molecular weight is 456 g/mol. The number of pyridine rings is 1. The largest absolute Gasteiger partial charge is 0.278 e. The summed E-state index contributed by atoms with van der Waals surface area (Å²) < 4.78 is 38.8. The highest BCUT2D eigenvalue weighted by atomic mass is 32.2. The second-order valence-electron chi connectivity index (χ2n) is 6.75. The van der Waals surface area contributed by atoms with Crippen molar-refractivity contribution in [1.29, 1.82) is 0 Å². The van der Waals surface area contributed by atoms with E-state index in [9.17, 15) is 17.6 Å². The number of carbonyl (C=O) groups is 1. The van der Waals surface area contributed by atoms with Crippen molar-refractivity contribution in [3.05, 3.63) is 83.9 Å². The molecule has 0 aliphatic heterocycles. The van der Waals surface area contributed by atoms with E-state index in [0.29, 0.717) is 21.0 Å². The highest BCUT2D eigenvalue weighted by Crippen LogP contribution is 2.31. The number of rotatable bonds is 6. The first-order valence-corrected chi connectivity index (χ1v) is 11.9. The molecular weight excluding hydrogens is 437 g/mol. The van der Waals surface area contributed by atoms with Gasteiger partial charge >= 0.3 is 0 Å². The maximum atomic E-state index is 13.6. The number of thiazole rings is 1. The van der Waals surface area contributed by atoms with E-state index in [-0.39, 0.29) is 28.6 Å². The molecule has 4 rings (SSSR count). The van der Waals surface area contributed by atoms with Gasteiger partial charge in [-0.15, -0.1) is 0 Å². The van der Waals surface area contributed by atoms with Gasteiger partial charge in [-0.2, -0.15) is 0 Å². The van der Waals surface area contributed by atoms with E-state index in [2.05, 4.69) is 9.97 Å². The highest BCUT2D eigenvalue weighted by molar-refractivity contribution is 7.91. The summed E-state index contributed by atoms with van der Waals surface area (Å²) >= 11 is 1.18. The third kappa shape index (κ3) is 4.47. The lowest BCUT2D eigenvalue weighted by Gasteiger charge is -2.20. The second-order valence-corrected chi connectivity index (χ2v) is 10.0. The van der Waals surface area contributed by atoms with E-state index >= 15 is 0 Å². The van der Waals surface area contributed by atoms with E-state index in [1.54, 1.807) is 43.5 Å². The third-order valence-electron chi connectivity index (χ3n) is 4.68. The summed E-state index contributed by atoms with van der Waals surface area (Å²) in [5.41, 5.74) is 1.43. The molecular formula is C22H18FN3O3S2. The zero-order valence-corrected chi connectivity index (χ0v) is 18.2. The lowest BCUT2D eigenvalue weighted by molar-refractivity contribution is 0.0984. The molecule has 0 saturated heterocycles. The van der Waals surface area contributed by atoms with Crippen molar-refractivity contribution in [2.75, 3.05) is 10.7 Å². The van der Waals surface area contributed by atoms with Crippen LogP contribution in [-0.2, 0) is 16.4 Å².